The van der Waals surface area contributed by atoms with Crippen molar-refractivity contribution in [3.63, 3.8) is 0 Å². The van der Waals surface area contributed by atoms with Crippen LogP contribution in [0.1, 0.15) is 0 Å². The molecule has 0 aromatic heterocycles. The van der Waals surface area contributed by atoms with Gasteiger partial charge >= 0.3 is 0 Å². The molecule has 42 valence electrons. The summed E-state index contributed by atoms with van der Waals surface area (Å²) in [4.78, 5) is 13.3. The van der Waals surface area contributed by atoms with Crippen molar-refractivity contribution in [2.75, 3.05) is 0 Å². The van der Waals surface area contributed by atoms with E-state index in [-0.39, 0.29) is 5.91 Å². The SMILES string of the molecule is O=C1C=CC(F)C=N1. The van der Waals surface area contributed by atoms with Crippen molar-refractivity contribution in [1.82, 2.24) is 0 Å². The van der Waals surface area contributed by atoms with Gasteiger partial charge < -0.3 is 0 Å². The first kappa shape index (κ1) is 5.15. The van der Waals surface area contributed by atoms with Gasteiger partial charge in [0.05, 0.1) is 0 Å². The molecule has 0 saturated carbocycles. The predicted molar refractivity (Wildman–Crippen MR) is 27.5 cm³/mol. The van der Waals surface area contributed by atoms with Crippen LogP contribution in [-0.4, -0.2) is 18.3 Å². The number of rotatable bonds is 0. The second kappa shape index (κ2) is 1.86. The quantitative estimate of drug-likeness (QED) is 0.449. The summed E-state index contributed by atoms with van der Waals surface area (Å²) < 4.78 is 12.0. The van der Waals surface area contributed by atoms with E-state index >= 15 is 0 Å². The molecule has 1 aliphatic heterocycles. The molecule has 0 aromatic rings. The van der Waals surface area contributed by atoms with E-state index < -0.39 is 6.17 Å². The summed E-state index contributed by atoms with van der Waals surface area (Å²) >= 11 is 0. The lowest BCUT2D eigenvalue weighted by Crippen LogP contribution is -2.04. The van der Waals surface area contributed by atoms with E-state index in [1.165, 1.54) is 0 Å². The van der Waals surface area contributed by atoms with E-state index in [1.807, 2.05) is 0 Å². The van der Waals surface area contributed by atoms with E-state index in [0.29, 0.717) is 0 Å². The van der Waals surface area contributed by atoms with Gasteiger partial charge in [0, 0.05) is 12.3 Å². The minimum atomic E-state index is -1.17. The number of carbonyl (C=O) groups excluding carboxylic acids is 1. The van der Waals surface area contributed by atoms with Gasteiger partial charge in [-0.25, -0.2) is 9.38 Å². The largest absolute Gasteiger partial charge is 0.269 e. The van der Waals surface area contributed by atoms with Crippen molar-refractivity contribution in [2.24, 2.45) is 4.99 Å². The highest BCUT2D eigenvalue weighted by molar-refractivity contribution is 5.97. The molecule has 3 heteroatoms. The molecule has 1 rings (SSSR count). The number of halogens is 1. The van der Waals surface area contributed by atoms with Crippen LogP contribution in [0.15, 0.2) is 17.1 Å². The molecule has 0 bridgehead atoms. The Morgan fingerprint density at radius 1 is 1.75 bits per heavy atom. The maximum absolute atomic E-state index is 12.0. The van der Waals surface area contributed by atoms with Gasteiger partial charge in [0.2, 0.25) is 0 Å². The Morgan fingerprint density at radius 2 is 2.50 bits per heavy atom. The third-order valence-corrected chi connectivity index (χ3v) is 0.767. The van der Waals surface area contributed by atoms with Gasteiger partial charge in [-0.3, -0.25) is 4.79 Å². The summed E-state index contributed by atoms with van der Waals surface area (Å²) in [6.45, 7) is 0. The van der Waals surface area contributed by atoms with Crippen molar-refractivity contribution in [3.8, 4) is 0 Å². The summed E-state index contributed by atoms with van der Waals surface area (Å²) in [6.07, 6.45) is 2.08. The fourth-order valence-electron chi connectivity index (χ4n) is 0.412. The Bertz CT molecular complexity index is 146. The van der Waals surface area contributed by atoms with E-state index in [4.69, 9.17) is 0 Å². The molecule has 0 saturated heterocycles. The van der Waals surface area contributed by atoms with Crippen molar-refractivity contribution in [2.45, 2.75) is 6.17 Å². The van der Waals surface area contributed by atoms with Gasteiger partial charge in [0.15, 0.2) is 6.17 Å². The minimum Gasteiger partial charge on any atom is -0.268 e. The molecule has 8 heavy (non-hydrogen) atoms. The van der Waals surface area contributed by atoms with Crippen LogP contribution in [-0.2, 0) is 4.79 Å². The zero-order valence-electron chi connectivity index (χ0n) is 4.04. The average Bonchev–Trinajstić information content (AvgIpc) is 1.77. The molecule has 1 amide bonds. The molecule has 0 radical (unpaired) electrons. The van der Waals surface area contributed by atoms with Gasteiger partial charge in [-0.1, -0.05) is 0 Å². The topological polar surface area (TPSA) is 29.4 Å². The molecule has 1 unspecified atom stereocenters. The van der Waals surface area contributed by atoms with Gasteiger partial charge in [0.25, 0.3) is 5.91 Å². The third-order valence-electron chi connectivity index (χ3n) is 0.767. The zero-order valence-corrected chi connectivity index (χ0v) is 4.04. The van der Waals surface area contributed by atoms with Gasteiger partial charge in [0.1, 0.15) is 0 Å². The number of alkyl halides is 1. The average molecular weight is 113 g/mol. The van der Waals surface area contributed by atoms with E-state index in [2.05, 4.69) is 4.99 Å². The molecule has 0 spiro atoms. The Kier molecular flexibility index (Phi) is 1.20. The normalized spacial score (nSPS) is 26.6. The Morgan fingerprint density at radius 3 is 2.88 bits per heavy atom. The highest BCUT2D eigenvalue weighted by atomic mass is 19.1. The maximum atomic E-state index is 12.0. The van der Waals surface area contributed by atoms with E-state index in [1.54, 1.807) is 0 Å². The van der Waals surface area contributed by atoms with Crippen molar-refractivity contribution >= 4 is 12.1 Å². The first-order valence-corrected chi connectivity index (χ1v) is 2.19. The molecule has 1 heterocycles. The van der Waals surface area contributed by atoms with Gasteiger partial charge in [-0.2, -0.15) is 0 Å². The molecular weight excluding hydrogens is 109 g/mol. The summed E-state index contributed by atoms with van der Waals surface area (Å²) in [5, 5.41) is 0. The standard InChI is InChI=1S/C5H4FNO/c6-4-1-2-5(8)7-3-4/h1-4H. The summed E-state index contributed by atoms with van der Waals surface area (Å²) in [7, 11) is 0. The highest BCUT2D eigenvalue weighted by Crippen LogP contribution is 1.95. The van der Waals surface area contributed by atoms with Crippen LogP contribution in [0.3, 0.4) is 0 Å². The summed E-state index contributed by atoms with van der Waals surface area (Å²) in [6, 6.07) is 0. The lowest BCUT2D eigenvalue weighted by molar-refractivity contribution is -0.113. The lowest BCUT2D eigenvalue weighted by atomic mass is 10.3. The highest BCUT2D eigenvalue weighted by Gasteiger charge is 2.02. The Labute approximate surface area is 45.7 Å². The molecule has 2 nitrogen and oxygen atoms in total. The van der Waals surface area contributed by atoms with Crippen LogP contribution in [0.4, 0.5) is 4.39 Å². The molecule has 1 aliphatic rings. The summed E-state index contributed by atoms with van der Waals surface area (Å²) in [5.74, 6) is -0.390. The fourth-order valence-corrected chi connectivity index (χ4v) is 0.412. The Balaban J connectivity index is 2.68. The smallest absolute Gasteiger partial charge is 0.268 e. The number of aliphatic imine (C=N–C) groups is 1. The van der Waals surface area contributed by atoms with Crippen LogP contribution < -0.4 is 0 Å². The van der Waals surface area contributed by atoms with Crippen molar-refractivity contribution in [3.05, 3.63) is 12.2 Å². The monoisotopic (exact) mass is 113 g/mol. The third kappa shape index (κ3) is 0.992. The predicted octanol–water partition coefficient (Wildman–Crippen LogP) is 0.492. The van der Waals surface area contributed by atoms with Gasteiger partial charge in [-0.05, 0) is 6.08 Å². The molecular formula is C5H4FNO. The van der Waals surface area contributed by atoms with Crippen LogP contribution in [0, 0.1) is 0 Å². The molecule has 0 aromatic carbocycles. The van der Waals surface area contributed by atoms with Crippen molar-refractivity contribution in [1.29, 1.82) is 0 Å². The second-order valence-corrected chi connectivity index (χ2v) is 1.42. The van der Waals surface area contributed by atoms with Gasteiger partial charge in [-0.15, -0.1) is 0 Å². The number of nitrogens with zero attached hydrogens (tertiary/aromatic N) is 1. The minimum absolute atomic E-state index is 0.390. The molecule has 0 N–H and O–H groups in total. The molecule has 1 atom stereocenters. The Hall–Kier alpha value is -0.990. The van der Waals surface area contributed by atoms with Crippen LogP contribution in [0.2, 0.25) is 0 Å². The lowest BCUT2D eigenvalue weighted by Gasteiger charge is -1.95. The number of allylic oxidation sites excluding steroid dienone is 1. The summed E-state index contributed by atoms with van der Waals surface area (Å²) in [5.41, 5.74) is 0. The molecule has 0 fully saturated rings. The number of hydrogen-bond acceptors (Lipinski definition) is 1. The van der Waals surface area contributed by atoms with Crippen LogP contribution in [0.25, 0.3) is 0 Å². The maximum Gasteiger partial charge on any atom is 0.269 e. The van der Waals surface area contributed by atoms with Crippen LogP contribution in [0.5, 0.6) is 0 Å². The number of dihydropyridines is 1. The molecule has 0 aliphatic carbocycles. The van der Waals surface area contributed by atoms with Crippen LogP contribution >= 0.6 is 0 Å². The van der Waals surface area contributed by atoms with E-state index in [0.717, 1.165) is 18.4 Å². The number of hydrogen-bond donors (Lipinski definition) is 0. The fraction of sp³-hybridized carbons (Fsp3) is 0.200. The number of amides is 1. The first-order chi connectivity index (χ1) is 3.79. The second-order valence-electron chi connectivity index (χ2n) is 1.42. The number of carbonyl (C=O) groups is 1. The van der Waals surface area contributed by atoms with Crippen molar-refractivity contribution < 1.29 is 9.18 Å². The zero-order chi connectivity index (χ0) is 5.98. The first-order valence-electron chi connectivity index (χ1n) is 2.19. The van der Waals surface area contributed by atoms with E-state index in [9.17, 15) is 9.18 Å².